The molecule has 0 saturated carbocycles. The van der Waals surface area contributed by atoms with Crippen LogP contribution in [0.4, 0.5) is 5.69 Å². The highest BCUT2D eigenvalue weighted by molar-refractivity contribution is 6.20. The first-order valence-corrected chi connectivity index (χ1v) is 6.36. The summed E-state index contributed by atoms with van der Waals surface area (Å²) < 4.78 is 0. The maximum absolute atomic E-state index is 6.01. The fourth-order valence-corrected chi connectivity index (χ4v) is 2.38. The molecule has 1 saturated heterocycles. The monoisotopic (exact) mass is 310 g/mol. The van der Waals surface area contributed by atoms with E-state index in [0.29, 0.717) is 0 Å². The molecule has 0 aromatic heterocycles. The highest BCUT2D eigenvalue weighted by Gasteiger charge is 2.17. The van der Waals surface area contributed by atoms with Crippen LogP contribution in [0.15, 0.2) is 30.3 Å². The Labute approximate surface area is 127 Å². The fourth-order valence-electron chi connectivity index (χ4n) is 2.18. The van der Waals surface area contributed by atoms with Crippen LogP contribution in [-0.4, -0.2) is 43.0 Å². The Morgan fingerprint density at radius 2 is 1.61 bits per heavy atom. The zero-order valence-corrected chi connectivity index (χ0v) is 13.0. The van der Waals surface area contributed by atoms with Gasteiger partial charge in [0.05, 0.1) is 0 Å². The van der Waals surface area contributed by atoms with Gasteiger partial charge in [0.1, 0.15) is 0 Å². The summed E-state index contributed by atoms with van der Waals surface area (Å²) >= 11 is 6.01. The summed E-state index contributed by atoms with van der Waals surface area (Å²) in [4.78, 5) is 4.88. The molecular formula is C13H21Cl3N2. The number of rotatable bonds is 3. The Kier molecular flexibility index (Phi) is 8.79. The number of halogens is 3. The van der Waals surface area contributed by atoms with Gasteiger partial charge < -0.3 is 4.90 Å². The predicted octanol–water partition coefficient (Wildman–Crippen LogP) is 3.28. The molecule has 5 heteroatoms. The second-order valence-corrected chi connectivity index (χ2v) is 5.15. The van der Waals surface area contributed by atoms with Crippen molar-refractivity contribution in [3.63, 3.8) is 0 Å². The molecule has 1 heterocycles. The van der Waals surface area contributed by atoms with E-state index in [4.69, 9.17) is 11.6 Å². The van der Waals surface area contributed by atoms with Gasteiger partial charge in [0.2, 0.25) is 0 Å². The molecular weight excluding hydrogens is 291 g/mol. The molecule has 2 rings (SSSR count). The highest BCUT2D eigenvalue weighted by atomic mass is 35.5. The average Bonchev–Trinajstić information content (AvgIpc) is 2.30. The molecule has 1 unspecified atom stereocenters. The van der Waals surface area contributed by atoms with Gasteiger partial charge in [-0.15, -0.1) is 36.4 Å². The van der Waals surface area contributed by atoms with Gasteiger partial charge in [0.15, 0.2) is 0 Å². The van der Waals surface area contributed by atoms with Crippen LogP contribution in [0.5, 0.6) is 0 Å². The predicted molar refractivity (Wildman–Crippen MR) is 84.9 cm³/mol. The summed E-state index contributed by atoms with van der Waals surface area (Å²) in [6.45, 7) is 7.51. The van der Waals surface area contributed by atoms with Crippen LogP contribution >= 0.6 is 36.4 Å². The first kappa shape index (κ1) is 17.8. The molecule has 1 aliphatic rings. The molecule has 0 bridgehead atoms. The number of alkyl halides is 1. The lowest BCUT2D eigenvalue weighted by Gasteiger charge is -2.36. The van der Waals surface area contributed by atoms with Gasteiger partial charge in [0, 0.05) is 43.8 Å². The number of hydrogen-bond acceptors (Lipinski definition) is 2. The normalized spacial score (nSPS) is 17.6. The van der Waals surface area contributed by atoms with Crippen LogP contribution in [0.3, 0.4) is 0 Å². The van der Waals surface area contributed by atoms with Gasteiger partial charge in [-0.1, -0.05) is 18.2 Å². The summed E-state index contributed by atoms with van der Waals surface area (Å²) in [6, 6.07) is 10.6. The summed E-state index contributed by atoms with van der Waals surface area (Å²) in [5, 5.41) is 0.253. The molecule has 0 spiro atoms. The van der Waals surface area contributed by atoms with E-state index in [-0.39, 0.29) is 30.2 Å². The Morgan fingerprint density at radius 1 is 1.06 bits per heavy atom. The van der Waals surface area contributed by atoms with Crippen molar-refractivity contribution >= 4 is 42.1 Å². The number of piperazine rings is 1. The molecule has 1 aliphatic heterocycles. The number of benzene rings is 1. The molecule has 0 aliphatic carbocycles. The third-order valence-corrected chi connectivity index (χ3v) is 3.14. The van der Waals surface area contributed by atoms with E-state index in [1.807, 2.05) is 0 Å². The highest BCUT2D eigenvalue weighted by Crippen LogP contribution is 2.15. The van der Waals surface area contributed by atoms with E-state index in [1.165, 1.54) is 5.69 Å². The second-order valence-electron chi connectivity index (χ2n) is 4.40. The largest absolute Gasteiger partial charge is 0.369 e. The molecule has 1 fully saturated rings. The molecule has 0 N–H and O–H groups in total. The molecule has 0 amide bonds. The summed E-state index contributed by atoms with van der Waals surface area (Å²) in [5.74, 6) is 0. The van der Waals surface area contributed by atoms with Crippen molar-refractivity contribution in [3.8, 4) is 0 Å². The Hall–Kier alpha value is -0.150. The van der Waals surface area contributed by atoms with E-state index < -0.39 is 0 Å². The maximum atomic E-state index is 6.01. The minimum Gasteiger partial charge on any atom is -0.369 e. The van der Waals surface area contributed by atoms with Crippen molar-refractivity contribution in [2.24, 2.45) is 0 Å². The molecule has 104 valence electrons. The Bertz CT molecular complexity index is 311. The maximum Gasteiger partial charge on any atom is 0.0435 e. The third-order valence-electron chi connectivity index (χ3n) is 3.00. The van der Waals surface area contributed by atoms with E-state index in [9.17, 15) is 0 Å². The van der Waals surface area contributed by atoms with Crippen molar-refractivity contribution in [3.05, 3.63) is 30.3 Å². The summed E-state index contributed by atoms with van der Waals surface area (Å²) in [6.07, 6.45) is 0. The van der Waals surface area contributed by atoms with E-state index in [2.05, 4.69) is 47.1 Å². The zero-order valence-electron chi connectivity index (χ0n) is 10.6. The van der Waals surface area contributed by atoms with Crippen molar-refractivity contribution in [2.45, 2.75) is 12.3 Å². The molecule has 0 radical (unpaired) electrons. The SMILES string of the molecule is CC(Cl)CN1CCN(c2ccccc2)CC1.Cl.Cl. The third kappa shape index (κ3) is 5.23. The molecule has 1 atom stereocenters. The molecule has 1 aromatic carbocycles. The number of para-hydroxylation sites is 1. The summed E-state index contributed by atoms with van der Waals surface area (Å²) in [5.41, 5.74) is 1.33. The lowest BCUT2D eigenvalue weighted by molar-refractivity contribution is 0.260. The van der Waals surface area contributed by atoms with Crippen LogP contribution in [0.2, 0.25) is 0 Å². The molecule has 2 nitrogen and oxygen atoms in total. The minimum atomic E-state index is 0. The van der Waals surface area contributed by atoms with Crippen LogP contribution in [0, 0.1) is 0 Å². The average molecular weight is 312 g/mol. The molecule has 1 aromatic rings. The van der Waals surface area contributed by atoms with Crippen LogP contribution in [0.25, 0.3) is 0 Å². The van der Waals surface area contributed by atoms with Gasteiger partial charge in [-0.05, 0) is 19.1 Å². The first-order chi connectivity index (χ1) is 7.75. The van der Waals surface area contributed by atoms with Crippen molar-refractivity contribution in [1.82, 2.24) is 4.90 Å². The van der Waals surface area contributed by atoms with Gasteiger partial charge in [-0.2, -0.15) is 0 Å². The Balaban J connectivity index is 0.00000144. The lowest BCUT2D eigenvalue weighted by atomic mass is 10.2. The smallest absolute Gasteiger partial charge is 0.0435 e. The lowest BCUT2D eigenvalue weighted by Crippen LogP contribution is -2.47. The first-order valence-electron chi connectivity index (χ1n) is 5.92. The van der Waals surface area contributed by atoms with Crippen molar-refractivity contribution < 1.29 is 0 Å². The standard InChI is InChI=1S/C13H19ClN2.2ClH/c1-12(14)11-15-7-9-16(10-8-15)13-5-3-2-4-6-13;;/h2-6,12H,7-11H2,1H3;2*1H. The second kappa shape index (κ2) is 8.87. The van der Waals surface area contributed by atoms with Gasteiger partial charge in [-0.3, -0.25) is 4.90 Å². The minimum absolute atomic E-state index is 0. The van der Waals surface area contributed by atoms with E-state index in [0.717, 1.165) is 32.7 Å². The molecule has 18 heavy (non-hydrogen) atoms. The number of anilines is 1. The Morgan fingerprint density at radius 3 is 2.11 bits per heavy atom. The fraction of sp³-hybridized carbons (Fsp3) is 0.538. The summed E-state index contributed by atoms with van der Waals surface area (Å²) in [7, 11) is 0. The van der Waals surface area contributed by atoms with Crippen LogP contribution in [0.1, 0.15) is 6.92 Å². The topological polar surface area (TPSA) is 6.48 Å². The van der Waals surface area contributed by atoms with Crippen LogP contribution in [-0.2, 0) is 0 Å². The van der Waals surface area contributed by atoms with Crippen LogP contribution < -0.4 is 4.90 Å². The quantitative estimate of drug-likeness (QED) is 0.791. The van der Waals surface area contributed by atoms with Gasteiger partial charge in [0.25, 0.3) is 0 Å². The van der Waals surface area contributed by atoms with Gasteiger partial charge >= 0.3 is 0 Å². The van der Waals surface area contributed by atoms with Crippen molar-refractivity contribution in [1.29, 1.82) is 0 Å². The number of nitrogens with zero attached hydrogens (tertiary/aromatic N) is 2. The van der Waals surface area contributed by atoms with Crippen molar-refractivity contribution in [2.75, 3.05) is 37.6 Å². The number of hydrogen-bond donors (Lipinski definition) is 0. The van der Waals surface area contributed by atoms with E-state index >= 15 is 0 Å². The van der Waals surface area contributed by atoms with E-state index in [1.54, 1.807) is 0 Å². The van der Waals surface area contributed by atoms with Gasteiger partial charge in [-0.25, -0.2) is 0 Å². The zero-order chi connectivity index (χ0) is 11.4.